The third-order valence-corrected chi connectivity index (χ3v) is 5.16. The summed E-state index contributed by atoms with van der Waals surface area (Å²) >= 11 is 0. The monoisotopic (exact) mass is 461 g/mol. The summed E-state index contributed by atoms with van der Waals surface area (Å²) in [5, 5.41) is 5.71. The Morgan fingerprint density at radius 1 is 1.00 bits per heavy atom. The Morgan fingerprint density at radius 3 is 2.06 bits per heavy atom. The molecule has 7 heteroatoms. The maximum absolute atomic E-state index is 13.7. The van der Waals surface area contributed by atoms with Gasteiger partial charge < -0.3 is 20.3 Å². The molecule has 0 fully saturated rings. The molecule has 0 aliphatic heterocycles. The van der Waals surface area contributed by atoms with Crippen molar-refractivity contribution in [3.05, 3.63) is 35.4 Å². The first-order valence-corrected chi connectivity index (χ1v) is 11.8. The van der Waals surface area contributed by atoms with Crippen LogP contribution in [0.25, 0.3) is 0 Å². The zero-order valence-electron chi connectivity index (χ0n) is 22.0. The minimum absolute atomic E-state index is 0.0248. The van der Waals surface area contributed by atoms with Crippen molar-refractivity contribution < 1.29 is 19.1 Å². The van der Waals surface area contributed by atoms with Gasteiger partial charge >= 0.3 is 6.09 Å². The van der Waals surface area contributed by atoms with Crippen LogP contribution in [-0.4, -0.2) is 46.0 Å². The summed E-state index contributed by atoms with van der Waals surface area (Å²) in [7, 11) is 0. The fourth-order valence-electron chi connectivity index (χ4n) is 3.72. The molecule has 2 N–H and O–H groups in total. The summed E-state index contributed by atoms with van der Waals surface area (Å²) < 4.78 is 5.32. The molecule has 0 saturated heterocycles. The molecule has 186 valence electrons. The van der Waals surface area contributed by atoms with E-state index in [1.54, 1.807) is 32.6 Å². The second kappa shape index (κ2) is 11.5. The zero-order valence-corrected chi connectivity index (χ0v) is 22.0. The minimum Gasteiger partial charge on any atom is -0.444 e. The van der Waals surface area contributed by atoms with Crippen molar-refractivity contribution in [3.8, 4) is 0 Å². The number of carbonyl (C=O) groups excluding carboxylic acids is 3. The Balaban J connectivity index is 3.40. The topological polar surface area (TPSA) is 87.7 Å². The van der Waals surface area contributed by atoms with E-state index in [1.807, 2.05) is 58.9 Å². The van der Waals surface area contributed by atoms with Crippen molar-refractivity contribution in [1.29, 1.82) is 0 Å². The molecule has 1 aromatic carbocycles. The quantitative estimate of drug-likeness (QED) is 0.577. The van der Waals surface area contributed by atoms with Crippen LogP contribution in [0.1, 0.15) is 92.3 Å². The maximum Gasteiger partial charge on any atom is 0.408 e. The highest BCUT2D eigenvalue weighted by atomic mass is 16.6. The number of hydrogen-bond donors (Lipinski definition) is 2. The fourth-order valence-corrected chi connectivity index (χ4v) is 3.72. The van der Waals surface area contributed by atoms with Gasteiger partial charge in [-0.3, -0.25) is 9.59 Å². The summed E-state index contributed by atoms with van der Waals surface area (Å²) in [5.74, 6) is -0.599. The Hall–Kier alpha value is -2.57. The normalized spacial score (nSPS) is 14.6. The molecular weight excluding hydrogens is 418 g/mol. The van der Waals surface area contributed by atoms with E-state index in [9.17, 15) is 14.4 Å². The van der Waals surface area contributed by atoms with Crippen molar-refractivity contribution in [2.75, 3.05) is 0 Å². The maximum atomic E-state index is 13.7. The van der Waals surface area contributed by atoms with Gasteiger partial charge in [0.25, 0.3) is 0 Å². The van der Waals surface area contributed by atoms with E-state index in [-0.39, 0.29) is 17.9 Å². The van der Waals surface area contributed by atoms with Crippen LogP contribution in [0.15, 0.2) is 24.3 Å². The van der Waals surface area contributed by atoms with Crippen molar-refractivity contribution >= 4 is 17.9 Å². The Kier molecular flexibility index (Phi) is 9.94. The fraction of sp³-hybridized carbons (Fsp3) is 0.654. The van der Waals surface area contributed by atoms with Crippen molar-refractivity contribution in [3.63, 3.8) is 0 Å². The van der Waals surface area contributed by atoms with Crippen molar-refractivity contribution in [1.82, 2.24) is 15.5 Å². The molecule has 1 rings (SSSR count). The molecular formula is C26H43N3O4. The Bertz CT molecular complexity index is 824. The minimum atomic E-state index is -0.883. The van der Waals surface area contributed by atoms with Gasteiger partial charge in [0.05, 0.1) is 0 Å². The zero-order chi connectivity index (χ0) is 25.6. The van der Waals surface area contributed by atoms with Crippen molar-refractivity contribution in [2.24, 2.45) is 0 Å². The van der Waals surface area contributed by atoms with Gasteiger partial charge in [-0.1, -0.05) is 37.6 Å². The lowest BCUT2D eigenvalue weighted by molar-refractivity contribution is -0.148. The van der Waals surface area contributed by atoms with Gasteiger partial charge in [0.1, 0.15) is 17.7 Å². The van der Waals surface area contributed by atoms with Crippen LogP contribution in [0, 0.1) is 6.92 Å². The van der Waals surface area contributed by atoms with Gasteiger partial charge in [0.2, 0.25) is 11.8 Å². The van der Waals surface area contributed by atoms with Gasteiger partial charge in [-0.2, -0.15) is 0 Å². The largest absolute Gasteiger partial charge is 0.444 e. The second-order valence-corrected chi connectivity index (χ2v) is 10.7. The highest BCUT2D eigenvalue weighted by molar-refractivity contribution is 5.92. The van der Waals surface area contributed by atoms with Crippen LogP contribution < -0.4 is 10.6 Å². The number of aryl methyl sites for hydroxylation is 1. The number of ether oxygens (including phenoxy) is 1. The lowest BCUT2D eigenvalue weighted by Gasteiger charge is -2.43. The molecule has 1 aromatic rings. The highest BCUT2D eigenvalue weighted by Gasteiger charge is 2.41. The van der Waals surface area contributed by atoms with E-state index in [0.29, 0.717) is 0 Å². The van der Waals surface area contributed by atoms with E-state index in [1.165, 1.54) is 0 Å². The molecule has 0 aromatic heterocycles. The first-order valence-electron chi connectivity index (χ1n) is 11.8. The Morgan fingerprint density at radius 2 is 1.58 bits per heavy atom. The van der Waals surface area contributed by atoms with Gasteiger partial charge in [0, 0.05) is 11.6 Å². The predicted molar refractivity (Wildman–Crippen MR) is 132 cm³/mol. The molecule has 33 heavy (non-hydrogen) atoms. The third kappa shape index (κ3) is 8.71. The molecule has 0 spiro atoms. The predicted octanol–water partition coefficient (Wildman–Crippen LogP) is 4.88. The van der Waals surface area contributed by atoms with Crippen LogP contribution in [0.2, 0.25) is 0 Å². The highest BCUT2D eigenvalue weighted by Crippen LogP contribution is 2.32. The molecule has 3 atom stereocenters. The number of alkyl carbamates (subject to hydrolysis) is 1. The molecule has 0 aliphatic carbocycles. The van der Waals surface area contributed by atoms with Crippen LogP contribution in [0.5, 0.6) is 0 Å². The number of carbonyl (C=O) groups is 3. The van der Waals surface area contributed by atoms with Crippen molar-refractivity contribution in [2.45, 2.75) is 111 Å². The van der Waals surface area contributed by atoms with Gasteiger partial charge in [-0.25, -0.2) is 4.79 Å². The van der Waals surface area contributed by atoms with Crippen LogP contribution in [-0.2, 0) is 14.3 Å². The number of rotatable bonds is 8. The van der Waals surface area contributed by atoms with Crippen LogP contribution >= 0.6 is 0 Å². The molecule has 0 radical (unpaired) electrons. The third-order valence-electron chi connectivity index (χ3n) is 5.16. The Labute approximate surface area is 199 Å². The molecule has 0 bridgehead atoms. The molecule has 7 nitrogen and oxygen atoms in total. The standard InChI is InChI=1S/C26H43N3O4/c1-11-14-18(3)27-22(30)21(20-16-13-12-15-17(20)2)29(25(5,6)7)23(31)19(4)28-24(32)33-26(8,9)10/h12-13,15-16,18-19,21H,11,14H2,1-10H3,(H,27,30)(H,28,32). The number of hydrogen-bond acceptors (Lipinski definition) is 4. The van der Waals surface area contributed by atoms with E-state index >= 15 is 0 Å². The summed E-state index contributed by atoms with van der Waals surface area (Å²) in [6.07, 6.45) is 1.10. The van der Waals surface area contributed by atoms with E-state index in [0.717, 1.165) is 24.0 Å². The van der Waals surface area contributed by atoms with Gasteiger partial charge in [0.15, 0.2) is 0 Å². The number of nitrogens with one attached hydrogen (secondary N) is 2. The number of nitrogens with zero attached hydrogens (tertiary/aromatic N) is 1. The lowest BCUT2D eigenvalue weighted by Crippen LogP contribution is -2.58. The first-order chi connectivity index (χ1) is 15.1. The van der Waals surface area contributed by atoms with E-state index in [2.05, 4.69) is 17.6 Å². The number of benzene rings is 1. The number of amides is 3. The molecule has 0 saturated carbocycles. The van der Waals surface area contributed by atoms with Crippen LogP contribution in [0.4, 0.5) is 4.79 Å². The molecule has 0 aliphatic rings. The molecule has 0 heterocycles. The summed E-state index contributed by atoms with van der Waals surface area (Å²) in [4.78, 5) is 41.2. The summed E-state index contributed by atoms with van der Waals surface area (Å²) in [6, 6.07) is 5.83. The molecule has 3 unspecified atom stereocenters. The van der Waals surface area contributed by atoms with Gasteiger partial charge in [-0.15, -0.1) is 0 Å². The van der Waals surface area contributed by atoms with E-state index in [4.69, 9.17) is 4.74 Å². The summed E-state index contributed by atoms with van der Waals surface area (Å²) in [6.45, 7) is 18.5. The lowest BCUT2D eigenvalue weighted by atomic mass is 9.93. The first kappa shape index (κ1) is 28.5. The smallest absolute Gasteiger partial charge is 0.408 e. The molecule has 3 amide bonds. The SMILES string of the molecule is CCCC(C)NC(=O)C(c1ccccc1C)N(C(=O)C(C)NC(=O)OC(C)(C)C)C(C)(C)C. The second-order valence-electron chi connectivity index (χ2n) is 10.7. The average molecular weight is 462 g/mol. The van der Waals surface area contributed by atoms with E-state index < -0.39 is 29.3 Å². The van der Waals surface area contributed by atoms with Crippen LogP contribution in [0.3, 0.4) is 0 Å². The average Bonchev–Trinajstić information content (AvgIpc) is 2.63. The summed E-state index contributed by atoms with van der Waals surface area (Å²) in [5.41, 5.74) is 0.288. The van der Waals surface area contributed by atoms with Gasteiger partial charge in [-0.05, 0) is 79.9 Å².